The highest BCUT2D eigenvalue weighted by atomic mass is 79.9. The van der Waals surface area contributed by atoms with Crippen LogP contribution >= 0.6 is 15.9 Å². The van der Waals surface area contributed by atoms with Crippen molar-refractivity contribution in [2.24, 2.45) is 7.05 Å². The molecule has 0 aliphatic carbocycles. The molecule has 4 heterocycles. The quantitative estimate of drug-likeness (QED) is 0.472. The number of anilines is 1. The van der Waals surface area contributed by atoms with Gasteiger partial charge in [0.2, 0.25) is 0 Å². The highest BCUT2D eigenvalue weighted by Crippen LogP contribution is 2.34. The van der Waals surface area contributed by atoms with Gasteiger partial charge in [-0.15, -0.1) is 0 Å². The molecule has 0 spiro atoms. The van der Waals surface area contributed by atoms with Crippen molar-refractivity contribution in [3.8, 4) is 11.1 Å². The fraction of sp³-hybridized carbons (Fsp3) is 0.560. The SMILES string of the molecule is Cn1cc(-c2cnn3c(N)c(Br)c(C4CN(C(=O)OC(C)(C)C)CCN(C(=O)OC(C)(C)C)C4)nc23)cn1. The molecule has 13 heteroatoms. The number of nitrogens with two attached hydrogens (primary N) is 1. The molecule has 3 aromatic rings. The van der Waals surface area contributed by atoms with Crippen LogP contribution in [0.5, 0.6) is 0 Å². The zero-order chi connectivity index (χ0) is 28.0. The maximum absolute atomic E-state index is 13.1. The minimum Gasteiger partial charge on any atom is -0.444 e. The molecule has 0 saturated carbocycles. The molecule has 0 radical (unpaired) electrons. The second kappa shape index (κ2) is 10.1. The summed E-state index contributed by atoms with van der Waals surface area (Å²) in [5.41, 5.74) is 7.92. The molecule has 4 rings (SSSR count). The number of aromatic nitrogens is 5. The van der Waals surface area contributed by atoms with Crippen molar-refractivity contribution in [3.05, 3.63) is 28.8 Å². The van der Waals surface area contributed by atoms with Gasteiger partial charge in [-0.25, -0.2) is 14.6 Å². The van der Waals surface area contributed by atoms with E-state index in [-0.39, 0.29) is 26.2 Å². The lowest BCUT2D eigenvalue weighted by Crippen LogP contribution is -2.41. The van der Waals surface area contributed by atoms with E-state index in [0.29, 0.717) is 21.6 Å². The number of carbonyl (C=O) groups is 2. The molecule has 0 aromatic carbocycles. The zero-order valence-electron chi connectivity index (χ0n) is 22.9. The summed E-state index contributed by atoms with van der Waals surface area (Å²) < 4.78 is 15.1. The van der Waals surface area contributed by atoms with E-state index in [2.05, 4.69) is 26.1 Å². The summed E-state index contributed by atoms with van der Waals surface area (Å²) in [4.78, 5) is 34.4. The van der Waals surface area contributed by atoms with Crippen molar-refractivity contribution < 1.29 is 19.1 Å². The number of rotatable bonds is 2. The molecular formula is C25H35BrN8O4. The molecule has 1 saturated heterocycles. The topological polar surface area (TPSA) is 133 Å². The fourth-order valence-corrected chi connectivity index (χ4v) is 4.80. The van der Waals surface area contributed by atoms with Crippen molar-refractivity contribution in [3.63, 3.8) is 0 Å². The first-order valence-electron chi connectivity index (χ1n) is 12.4. The predicted octanol–water partition coefficient (Wildman–Crippen LogP) is 4.05. The summed E-state index contributed by atoms with van der Waals surface area (Å²) >= 11 is 3.61. The molecule has 12 nitrogen and oxygen atoms in total. The minimum absolute atomic E-state index is 0.270. The average molecular weight is 592 g/mol. The summed E-state index contributed by atoms with van der Waals surface area (Å²) in [6.07, 6.45) is 4.38. The second-order valence-corrected chi connectivity index (χ2v) is 12.2. The Balaban J connectivity index is 1.77. The first kappa shape index (κ1) is 27.7. The number of nitrogens with zero attached hydrogens (tertiary/aromatic N) is 7. The molecule has 2 N–H and O–H groups in total. The van der Waals surface area contributed by atoms with Crippen molar-refractivity contribution in [2.75, 3.05) is 31.9 Å². The number of amides is 2. The Morgan fingerprint density at radius 3 is 2.00 bits per heavy atom. The molecule has 2 amide bonds. The summed E-state index contributed by atoms with van der Waals surface area (Å²) in [5.74, 6) is -0.0344. The van der Waals surface area contributed by atoms with E-state index in [9.17, 15) is 9.59 Å². The third kappa shape index (κ3) is 6.03. The van der Waals surface area contributed by atoms with Crippen molar-refractivity contribution in [1.29, 1.82) is 0 Å². The highest BCUT2D eigenvalue weighted by Gasteiger charge is 2.35. The zero-order valence-corrected chi connectivity index (χ0v) is 24.4. The lowest BCUT2D eigenvalue weighted by Gasteiger charge is -2.28. The number of nitrogen functional groups attached to an aromatic ring is 1. The highest BCUT2D eigenvalue weighted by molar-refractivity contribution is 9.10. The van der Waals surface area contributed by atoms with Crippen molar-refractivity contribution >= 4 is 39.6 Å². The molecule has 0 atom stereocenters. The van der Waals surface area contributed by atoms with Gasteiger partial charge in [-0.2, -0.15) is 14.7 Å². The summed E-state index contributed by atoms with van der Waals surface area (Å²) in [7, 11) is 1.83. The number of fused-ring (bicyclic) bond motifs is 1. The van der Waals surface area contributed by atoms with Crippen LogP contribution in [0, 0.1) is 0 Å². The Morgan fingerprint density at radius 1 is 0.974 bits per heavy atom. The summed E-state index contributed by atoms with van der Waals surface area (Å²) in [5, 5.41) is 8.69. The molecule has 1 aliphatic rings. The van der Waals surface area contributed by atoms with E-state index in [1.165, 1.54) is 0 Å². The Kier molecular flexibility index (Phi) is 7.34. The van der Waals surface area contributed by atoms with Gasteiger partial charge in [0.1, 0.15) is 17.0 Å². The molecule has 206 valence electrons. The second-order valence-electron chi connectivity index (χ2n) is 11.4. The van der Waals surface area contributed by atoms with E-state index in [1.54, 1.807) is 31.4 Å². The van der Waals surface area contributed by atoms with Gasteiger partial charge in [-0.3, -0.25) is 4.68 Å². The number of hydrogen-bond acceptors (Lipinski definition) is 8. The maximum atomic E-state index is 13.1. The van der Waals surface area contributed by atoms with Crippen LogP contribution < -0.4 is 5.73 Å². The van der Waals surface area contributed by atoms with Gasteiger partial charge in [-0.05, 0) is 57.5 Å². The Morgan fingerprint density at radius 2 is 1.53 bits per heavy atom. The van der Waals surface area contributed by atoms with E-state index in [1.807, 2.05) is 54.8 Å². The number of ether oxygens (including phenoxy) is 2. The number of hydrogen-bond donors (Lipinski definition) is 1. The van der Waals surface area contributed by atoms with Gasteiger partial charge in [0.05, 0.1) is 22.6 Å². The van der Waals surface area contributed by atoms with Gasteiger partial charge in [-0.1, -0.05) is 0 Å². The van der Waals surface area contributed by atoms with Crippen LogP contribution in [0.15, 0.2) is 23.1 Å². The molecular weight excluding hydrogens is 556 g/mol. The smallest absolute Gasteiger partial charge is 0.410 e. The molecule has 0 unspecified atom stereocenters. The van der Waals surface area contributed by atoms with Crippen molar-refractivity contribution in [2.45, 2.75) is 58.7 Å². The first-order chi connectivity index (χ1) is 17.6. The lowest BCUT2D eigenvalue weighted by atomic mass is 10.0. The standard InChI is InChI=1S/C25H35BrN8O4/c1-24(2,3)37-22(35)32-8-9-33(23(36)38-25(4,5)6)14-16(13-32)19-18(26)20(27)34-21(30-19)17(11-29-34)15-10-28-31(7)12-15/h10-12,16H,8-9,13-14,27H2,1-7H3. The predicted molar refractivity (Wildman–Crippen MR) is 146 cm³/mol. The Hall–Kier alpha value is -3.35. The normalized spacial score (nSPS) is 15.6. The Labute approximate surface area is 230 Å². The molecule has 1 aliphatic heterocycles. The number of aryl methyl sites for hydroxylation is 1. The van der Waals surface area contributed by atoms with Crippen molar-refractivity contribution in [1.82, 2.24) is 34.2 Å². The van der Waals surface area contributed by atoms with Crippen LogP contribution in [0.3, 0.4) is 0 Å². The van der Waals surface area contributed by atoms with Crippen LogP contribution in [0.2, 0.25) is 0 Å². The monoisotopic (exact) mass is 590 g/mol. The minimum atomic E-state index is -0.665. The van der Waals surface area contributed by atoms with E-state index < -0.39 is 29.3 Å². The van der Waals surface area contributed by atoms with Gasteiger partial charge in [0.25, 0.3) is 0 Å². The molecule has 0 bridgehead atoms. The van der Waals surface area contributed by atoms with Gasteiger partial charge >= 0.3 is 12.2 Å². The fourth-order valence-electron chi connectivity index (χ4n) is 4.22. The van der Waals surface area contributed by atoms with E-state index >= 15 is 0 Å². The third-order valence-electron chi connectivity index (χ3n) is 5.88. The van der Waals surface area contributed by atoms with Crippen LogP contribution in [-0.2, 0) is 16.5 Å². The van der Waals surface area contributed by atoms with Gasteiger partial charge < -0.3 is 25.0 Å². The number of halogens is 1. The summed E-state index contributed by atoms with van der Waals surface area (Å²) in [6, 6.07) is 0. The maximum Gasteiger partial charge on any atom is 0.410 e. The lowest BCUT2D eigenvalue weighted by molar-refractivity contribution is 0.0200. The van der Waals surface area contributed by atoms with E-state index in [4.69, 9.17) is 20.2 Å². The van der Waals surface area contributed by atoms with Crippen LogP contribution in [0.1, 0.15) is 53.2 Å². The van der Waals surface area contributed by atoms with E-state index in [0.717, 1.165) is 11.1 Å². The Bertz CT molecular complexity index is 1320. The molecule has 38 heavy (non-hydrogen) atoms. The van der Waals surface area contributed by atoms with Gasteiger partial charge in [0, 0.05) is 56.5 Å². The average Bonchev–Trinajstić information content (AvgIpc) is 3.33. The first-order valence-corrected chi connectivity index (χ1v) is 13.2. The van der Waals surface area contributed by atoms with Gasteiger partial charge in [0.15, 0.2) is 5.65 Å². The van der Waals surface area contributed by atoms with Crippen LogP contribution in [0.25, 0.3) is 16.8 Å². The third-order valence-corrected chi connectivity index (χ3v) is 6.69. The molecule has 3 aromatic heterocycles. The largest absolute Gasteiger partial charge is 0.444 e. The number of carbonyl (C=O) groups excluding carboxylic acids is 2. The van der Waals surface area contributed by atoms with Crippen LogP contribution in [-0.4, -0.2) is 83.7 Å². The van der Waals surface area contributed by atoms with Crippen LogP contribution in [0.4, 0.5) is 15.4 Å². The molecule has 1 fully saturated rings. The summed E-state index contributed by atoms with van der Waals surface area (Å²) in [6.45, 7) is 12.0.